The van der Waals surface area contributed by atoms with Crippen LogP contribution in [0.2, 0.25) is 0 Å². The van der Waals surface area contributed by atoms with Crippen LogP contribution in [-0.2, 0) is 11.2 Å². The van der Waals surface area contributed by atoms with E-state index in [1.54, 1.807) is 24.3 Å². The van der Waals surface area contributed by atoms with E-state index in [-0.39, 0.29) is 23.7 Å². The third-order valence-electron chi connectivity index (χ3n) is 3.96. The Morgan fingerprint density at radius 2 is 1.84 bits per heavy atom. The van der Waals surface area contributed by atoms with Gasteiger partial charge in [0, 0.05) is 12.0 Å². The normalized spacial score (nSPS) is 17.3. The molecule has 4 heteroatoms. The van der Waals surface area contributed by atoms with Gasteiger partial charge in [0.15, 0.2) is 0 Å². The van der Waals surface area contributed by atoms with Crippen LogP contribution in [0, 0.1) is 5.41 Å². The van der Waals surface area contributed by atoms with Gasteiger partial charge in [0.2, 0.25) is 5.91 Å². The van der Waals surface area contributed by atoms with E-state index < -0.39 is 0 Å². The van der Waals surface area contributed by atoms with Gasteiger partial charge in [-0.15, -0.1) is 0 Å². The van der Waals surface area contributed by atoms with Crippen molar-refractivity contribution in [2.75, 3.05) is 13.2 Å². The molecule has 2 rings (SSSR count). The number of amides is 1. The molecule has 1 amide bonds. The van der Waals surface area contributed by atoms with Crippen molar-refractivity contribution >= 4 is 5.91 Å². The van der Waals surface area contributed by atoms with Crippen LogP contribution in [0.25, 0.3) is 0 Å². The molecule has 0 unspecified atom stereocenters. The number of aromatic hydroxyl groups is 1. The van der Waals surface area contributed by atoms with E-state index in [9.17, 15) is 15.0 Å². The average Bonchev–Trinajstić information content (AvgIpc) is 2.89. The van der Waals surface area contributed by atoms with E-state index in [2.05, 4.69) is 5.32 Å². The first kappa shape index (κ1) is 13.9. The number of aliphatic hydroxyl groups excluding tert-OH is 1. The number of phenols is 1. The maximum atomic E-state index is 11.9. The molecule has 0 aromatic heterocycles. The van der Waals surface area contributed by atoms with Gasteiger partial charge in [-0.25, -0.2) is 0 Å². The fourth-order valence-corrected chi connectivity index (χ4v) is 2.66. The molecule has 4 nitrogen and oxygen atoms in total. The van der Waals surface area contributed by atoms with Crippen molar-refractivity contribution < 1.29 is 15.0 Å². The third kappa shape index (κ3) is 3.70. The molecule has 0 aliphatic heterocycles. The van der Waals surface area contributed by atoms with Crippen molar-refractivity contribution in [3.8, 4) is 5.75 Å². The van der Waals surface area contributed by atoms with Crippen LogP contribution < -0.4 is 5.32 Å². The highest BCUT2D eigenvalue weighted by atomic mass is 16.3. The summed E-state index contributed by atoms with van der Waals surface area (Å²) in [5.41, 5.74) is 0.768. The Balaban J connectivity index is 1.82. The Kier molecular flexibility index (Phi) is 4.43. The first-order valence-electron chi connectivity index (χ1n) is 6.79. The molecule has 1 aromatic rings. The number of phenolic OH excluding ortho intramolecular Hbond substituents is 1. The molecule has 1 aromatic carbocycles. The molecule has 1 saturated carbocycles. The lowest BCUT2D eigenvalue weighted by atomic mass is 9.87. The van der Waals surface area contributed by atoms with E-state index in [1.807, 2.05) is 0 Å². The minimum atomic E-state index is -0.107. The topological polar surface area (TPSA) is 69.6 Å². The van der Waals surface area contributed by atoms with E-state index in [1.165, 1.54) is 0 Å². The summed E-state index contributed by atoms with van der Waals surface area (Å²) in [6, 6.07) is 6.64. The van der Waals surface area contributed by atoms with Gasteiger partial charge in [0.05, 0.1) is 13.0 Å². The molecule has 3 N–H and O–H groups in total. The van der Waals surface area contributed by atoms with Gasteiger partial charge in [-0.05, 0) is 30.5 Å². The maximum absolute atomic E-state index is 11.9. The summed E-state index contributed by atoms with van der Waals surface area (Å²) < 4.78 is 0. The number of rotatable bonds is 5. The van der Waals surface area contributed by atoms with Crippen molar-refractivity contribution in [2.45, 2.75) is 32.1 Å². The Hall–Kier alpha value is -1.55. The van der Waals surface area contributed by atoms with Crippen molar-refractivity contribution in [2.24, 2.45) is 5.41 Å². The van der Waals surface area contributed by atoms with Crippen LogP contribution >= 0.6 is 0 Å². The molecule has 0 bridgehead atoms. The predicted molar refractivity (Wildman–Crippen MR) is 72.8 cm³/mol. The number of hydrogen-bond donors (Lipinski definition) is 3. The average molecular weight is 263 g/mol. The summed E-state index contributed by atoms with van der Waals surface area (Å²) in [6.07, 6.45) is 4.55. The van der Waals surface area contributed by atoms with Crippen LogP contribution in [0.5, 0.6) is 5.75 Å². The van der Waals surface area contributed by atoms with Gasteiger partial charge in [-0.2, -0.15) is 0 Å². The lowest BCUT2D eigenvalue weighted by Gasteiger charge is -2.26. The Morgan fingerprint density at radius 3 is 2.42 bits per heavy atom. The van der Waals surface area contributed by atoms with Crippen LogP contribution in [0.3, 0.4) is 0 Å². The van der Waals surface area contributed by atoms with Crippen molar-refractivity contribution in [1.82, 2.24) is 5.32 Å². The molecule has 104 valence electrons. The summed E-state index contributed by atoms with van der Waals surface area (Å²) in [5, 5.41) is 21.6. The number of carbonyl (C=O) groups is 1. The molecule has 1 fully saturated rings. The highest BCUT2D eigenvalue weighted by molar-refractivity contribution is 5.78. The zero-order valence-electron chi connectivity index (χ0n) is 11.1. The van der Waals surface area contributed by atoms with Crippen molar-refractivity contribution in [3.05, 3.63) is 29.8 Å². The number of aliphatic hydroxyl groups is 1. The number of carbonyl (C=O) groups excluding carboxylic acids is 1. The number of nitrogens with one attached hydrogen (secondary N) is 1. The van der Waals surface area contributed by atoms with Crippen LogP contribution in [0.1, 0.15) is 31.2 Å². The van der Waals surface area contributed by atoms with Crippen molar-refractivity contribution in [1.29, 1.82) is 0 Å². The highest BCUT2D eigenvalue weighted by Crippen LogP contribution is 2.36. The molecule has 0 heterocycles. The lowest BCUT2D eigenvalue weighted by Crippen LogP contribution is -2.38. The molecule has 1 aliphatic carbocycles. The molecule has 0 radical (unpaired) electrons. The van der Waals surface area contributed by atoms with Gasteiger partial charge in [0.25, 0.3) is 0 Å². The summed E-state index contributed by atoms with van der Waals surface area (Å²) in [6.45, 7) is 0.701. The van der Waals surface area contributed by atoms with Crippen LogP contribution in [0.4, 0.5) is 0 Å². The number of benzene rings is 1. The summed E-state index contributed by atoms with van der Waals surface area (Å²) in [5.74, 6) is 0.166. The zero-order valence-corrected chi connectivity index (χ0v) is 11.1. The number of hydrogen-bond acceptors (Lipinski definition) is 3. The Bertz CT molecular complexity index is 422. The van der Waals surface area contributed by atoms with E-state index in [0.717, 1.165) is 31.2 Å². The second kappa shape index (κ2) is 6.06. The predicted octanol–water partition coefficient (Wildman–Crippen LogP) is 1.60. The fraction of sp³-hybridized carbons (Fsp3) is 0.533. The third-order valence-corrected chi connectivity index (χ3v) is 3.96. The molecule has 0 saturated heterocycles. The fourth-order valence-electron chi connectivity index (χ4n) is 2.66. The quantitative estimate of drug-likeness (QED) is 0.756. The van der Waals surface area contributed by atoms with E-state index in [4.69, 9.17) is 0 Å². The second-order valence-corrected chi connectivity index (χ2v) is 5.49. The van der Waals surface area contributed by atoms with Crippen molar-refractivity contribution in [3.63, 3.8) is 0 Å². The first-order valence-corrected chi connectivity index (χ1v) is 6.79. The molecule has 0 atom stereocenters. The Labute approximate surface area is 113 Å². The molecular weight excluding hydrogens is 242 g/mol. The van der Waals surface area contributed by atoms with Gasteiger partial charge < -0.3 is 15.5 Å². The first-order chi connectivity index (χ1) is 9.13. The lowest BCUT2D eigenvalue weighted by molar-refractivity contribution is -0.121. The van der Waals surface area contributed by atoms with Gasteiger partial charge >= 0.3 is 0 Å². The zero-order chi connectivity index (χ0) is 13.7. The van der Waals surface area contributed by atoms with Crippen LogP contribution in [-0.4, -0.2) is 29.3 Å². The molecule has 0 spiro atoms. The van der Waals surface area contributed by atoms with Gasteiger partial charge in [-0.3, -0.25) is 4.79 Å². The molecule has 19 heavy (non-hydrogen) atoms. The largest absolute Gasteiger partial charge is 0.508 e. The SMILES string of the molecule is O=C(Cc1ccc(O)cc1)NCC1(CO)CCCC1. The Morgan fingerprint density at radius 1 is 1.21 bits per heavy atom. The van der Waals surface area contributed by atoms with Gasteiger partial charge in [-0.1, -0.05) is 25.0 Å². The van der Waals surface area contributed by atoms with E-state index >= 15 is 0 Å². The van der Waals surface area contributed by atoms with Gasteiger partial charge in [0.1, 0.15) is 5.75 Å². The van der Waals surface area contributed by atoms with E-state index in [0.29, 0.717) is 13.0 Å². The second-order valence-electron chi connectivity index (χ2n) is 5.49. The molecule has 1 aliphatic rings. The standard InChI is InChI=1S/C15H21NO3/c17-11-15(7-1-2-8-15)10-16-14(19)9-12-3-5-13(18)6-4-12/h3-6,17-18H,1-2,7-11H2,(H,16,19). The minimum Gasteiger partial charge on any atom is -0.508 e. The summed E-state index contributed by atoms with van der Waals surface area (Å²) >= 11 is 0. The maximum Gasteiger partial charge on any atom is 0.224 e. The monoisotopic (exact) mass is 263 g/mol. The summed E-state index contributed by atoms with van der Waals surface area (Å²) in [7, 11) is 0. The highest BCUT2D eigenvalue weighted by Gasteiger charge is 2.33. The smallest absolute Gasteiger partial charge is 0.224 e. The van der Waals surface area contributed by atoms with Crippen LogP contribution in [0.15, 0.2) is 24.3 Å². The minimum absolute atomic E-state index is 0.0367. The molecular formula is C15H21NO3. The summed E-state index contributed by atoms with van der Waals surface area (Å²) in [4.78, 5) is 11.9.